The predicted octanol–water partition coefficient (Wildman–Crippen LogP) is 3.98. The molecule has 0 fully saturated rings. The predicted molar refractivity (Wildman–Crippen MR) is 63.9 cm³/mol. The zero-order chi connectivity index (χ0) is 10.6. The summed E-state index contributed by atoms with van der Waals surface area (Å²) in [6.07, 6.45) is 1.87. The Bertz CT molecular complexity index is 312. The number of hydrogen-bond donors (Lipinski definition) is 1. The standard InChI is InChI=1S/C11H15ClOS/c1-3-7-13-10-6-5-9(12)8(4-2)11(10)14/h5-6,14H,3-4,7H2,1-2H3. The van der Waals surface area contributed by atoms with Crippen LogP contribution in [0.4, 0.5) is 0 Å². The highest BCUT2D eigenvalue weighted by molar-refractivity contribution is 7.80. The molecule has 0 aromatic heterocycles. The van der Waals surface area contributed by atoms with Crippen LogP contribution in [0.3, 0.4) is 0 Å². The zero-order valence-corrected chi connectivity index (χ0v) is 10.2. The lowest BCUT2D eigenvalue weighted by Crippen LogP contribution is -1.98. The fourth-order valence-corrected chi connectivity index (χ4v) is 2.03. The van der Waals surface area contributed by atoms with E-state index >= 15 is 0 Å². The quantitative estimate of drug-likeness (QED) is 0.770. The van der Waals surface area contributed by atoms with Crippen molar-refractivity contribution in [3.05, 3.63) is 22.7 Å². The average Bonchev–Trinajstić information content (AvgIpc) is 2.18. The maximum absolute atomic E-state index is 6.03. The molecule has 1 aromatic carbocycles. The smallest absolute Gasteiger partial charge is 0.132 e. The fraction of sp³-hybridized carbons (Fsp3) is 0.455. The van der Waals surface area contributed by atoms with Gasteiger partial charge in [-0.05, 0) is 30.5 Å². The van der Waals surface area contributed by atoms with Crippen LogP contribution in [0.25, 0.3) is 0 Å². The third-order valence-corrected chi connectivity index (χ3v) is 2.85. The molecule has 3 heteroatoms. The molecule has 0 saturated carbocycles. The number of ether oxygens (including phenoxy) is 1. The summed E-state index contributed by atoms with van der Waals surface area (Å²) in [5, 5.41) is 0.765. The van der Waals surface area contributed by atoms with Crippen molar-refractivity contribution in [1.82, 2.24) is 0 Å². The molecule has 0 heterocycles. The Morgan fingerprint density at radius 1 is 1.36 bits per heavy atom. The number of thiol groups is 1. The van der Waals surface area contributed by atoms with Gasteiger partial charge in [0.2, 0.25) is 0 Å². The van der Waals surface area contributed by atoms with Crippen molar-refractivity contribution in [3.63, 3.8) is 0 Å². The van der Waals surface area contributed by atoms with Gasteiger partial charge in [-0.1, -0.05) is 25.4 Å². The monoisotopic (exact) mass is 230 g/mol. The molecule has 0 radical (unpaired) electrons. The van der Waals surface area contributed by atoms with Gasteiger partial charge < -0.3 is 4.74 Å². The Morgan fingerprint density at radius 3 is 2.64 bits per heavy atom. The van der Waals surface area contributed by atoms with Crippen LogP contribution in [0.2, 0.25) is 5.02 Å². The third kappa shape index (κ3) is 2.58. The summed E-state index contributed by atoms with van der Waals surface area (Å²) >= 11 is 10.5. The Morgan fingerprint density at radius 2 is 2.07 bits per heavy atom. The van der Waals surface area contributed by atoms with E-state index in [-0.39, 0.29) is 0 Å². The molecule has 0 aliphatic heterocycles. The first-order chi connectivity index (χ1) is 6.70. The highest BCUT2D eigenvalue weighted by Gasteiger charge is 2.08. The summed E-state index contributed by atoms with van der Waals surface area (Å²) in [6.45, 7) is 4.86. The molecule has 0 bridgehead atoms. The highest BCUT2D eigenvalue weighted by atomic mass is 35.5. The van der Waals surface area contributed by atoms with Crippen molar-refractivity contribution in [1.29, 1.82) is 0 Å². The van der Waals surface area contributed by atoms with Crippen LogP contribution in [0.15, 0.2) is 17.0 Å². The zero-order valence-electron chi connectivity index (χ0n) is 8.51. The lowest BCUT2D eigenvalue weighted by Gasteiger charge is -2.11. The average molecular weight is 231 g/mol. The molecule has 1 rings (SSSR count). The minimum atomic E-state index is 0.721. The van der Waals surface area contributed by atoms with E-state index in [9.17, 15) is 0 Å². The lowest BCUT2D eigenvalue weighted by molar-refractivity contribution is 0.310. The summed E-state index contributed by atoms with van der Waals surface area (Å²) in [5.41, 5.74) is 1.06. The molecule has 1 aromatic rings. The molecule has 1 nitrogen and oxygen atoms in total. The van der Waals surface area contributed by atoms with E-state index in [0.717, 1.165) is 40.7 Å². The van der Waals surface area contributed by atoms with Crippen LogP contribution in [-0.2, 0) is 6.42 Å². The first kappa shape index (κ1) is 11.7. The number of hydrogen-bond acceptors (Lipinski definition) is 2. The maximum atomic E-state index is 6.03. The second kappa shape index (κ2) is 5.52. The second-order valence-electron chi connectivity index (χ2n) is 3.07. The number of halogens is 1. The largest absolute Gasteiger partial charge is 0.492 e. The van der Waals surface area contributed by atoms with Gasteiger partial charge in [0, 0.05) is 5.02 Å². The fourth-order valence-electron chi connectivity index (χ4n) is 1.26. The maximum Gasteiger partial charge on any atom is 0.132 e. The van der Waals surface area contributed by atoms with E-state index in [1.807, 2.05) is 12.1 Å². The lowest BCUT2D eigenvalue weighted by atomic mass is 10.1. The van der Waals surface area contributed by atoms with Gasteiger partial charge in [-0.2, -0.15) is 0 Å². The topological polar surface area (TPSA) is 9.23 Å². The molecule has 14 heavy (non-hydrogen) atoms. The van der Waals surface area contributed by atoms with E-state index in [1.54, 1.807) is 0 Å². The van der Waals surface area contributed by atoms with Crippen LogP contribution in [0.5, 0.6) is 5.75 Å². The normalized spacial score (nSPS) is 10.3. The third-order valence-electron chi connectivity index (χ3n) is 2.00. The Labute approximate surface area is 95.8 Å². The van der Waals surface area contributed by atoms with E-state index in [0.29, 0.717) is 0 Å². The molecule has 0 unspecified atom stereocenters. The van der Waals surface area contributed by atoms with Crippen molar-refractivity contribution >= 4 is 24.2 Å². The second-order valence-corrected chi connectivity index (χ2v) is 3.93. The minimum absolute atomic E-state index is 0.721. The van der Waals surface area contributed by atoms with Gasteiger partial charge >= 0.3 is 0 Å². The molecule has 0 N–H and O–H groups in total. The molecule has 0 aliphatic carbocycles. The first-order valence-electron chi connectivity index (χ1n) is 4.83. The van der Waals surface area contributed by atoms with Crippen molar-refractivity contribution in [2.24, 2.45) is 0 Å². The van der Waals surface area contributed by atoms with Gasteiger partial charge in [0.15, 0.2) is 0 Å². The van der Waals surface area contributed by atoms with Crippen LogP contribution >= 0.6 is 24.2 Å². The van der Waals surface area contributed by atoms with Gasteiger partial charge in [0.1, 0.15) is 5.75 Å². The Hall–Kier alpha value is -0.340. The molecule has 0 amide bonds. The summed E-state index contributed by atoms with van der Waals surface area (Å²) in [6, 6.07) is 3.74. The van der Waals surface area contributed by atoms with E-state index in [1.165, 1.54) is 0 Å². The van der Waals surface area contributed by atoms with Gasteiger partial charge in [-0.3, -0.25) is 0 Å². The summed E-state index contributed by atoms with van der Waals surface area (Å²) in [5.74, 6) is 0.830. The van der Waals surface area contributed by atoms with E-state index in [2.05, 4.69) is 26.5 Å². The van der Waals surface area contributed by atoms with Gasteiger partial charge in [0.05, 0.1) is 11.5 Å². The molecular weight excluding hydrogens is 216 g/mol. The van der Waals surface area contributed by atoms with Crippen molar-refractivity contribution < 1.29 is 4.74 Å². The molecule has 0 atom stereocenters. The summed E-state index contributed by atoms with van der Waals surface area (Å²) in [7, 11) is 0. The summed E-state index contributed by atoms with van der Waals surface area (Å²) in [4.78, 5) is 0.869. The van der Waals surface area contributed by atoms with E-state index in [4.69, 9.17) is 16.3 Å². The molecule has 0 aliphatic rings. The Balaban J connectivity index is 2.96. The van der Waals surface area contributed by atoms with Crippen LogP contribution < -0.4 is 4.74 Å². The van der Waals surface area contributed by atoms with Gasteiger partial charge in [0.25, 0.3) is 0 Å². The first-order valence-corrected chi connectivity index (χ1v) is 5.66. The molecule has 78 valence electrons. The molecule has 0 saturated heterocycles. The van der Waals surface area contributed by atoms with Gasteiger partial charge in [-0.25, -0.2) is 0 Å². The van der Waals surface area contributed by atoms with Gasteiger partial charge in [-0.15, -0.1) is 12.6 Å². The van der Waals surface area contributed by atoms with Crippen molar-refractivity contribution in [3.8, 4) is 5.75 Å². The van der Waals surface area contributed by atoms with Crippen molar-refractivity contribution in [2.75, 3.05) is 6.61 Å². The summed E-state index contributed by atoms with van der Waals surface area (Å²) < 4.78 is 5.55. The van der Waals surface area contributed by atoms with Crippen LogP contribution in [0, 0.1) is 0 Å². The number of benzene rings is 1. The van der Waals surface area contributed by atoms with E-state index < -0.39 is 0 Å². The molecule has 0 spiro atoms. The SMILES string of the molecule is CCCOc1ccc(Cl)c(CC)c1S. The van der Waals surface area contributed by atoms with Crippen LogP contribution in [-0.4, -0.2) is 6.61 Å². The van der Waals surface area contributed by atoms with Crippen molar-refractivity contribution in [2.45, 2.75) is 31.6 Å². The molecular formula is C11H15ClOS. The minimum Gasteiger partial charge on any atom is -0.492 e. The Kier molecular flexibility index (Phi) is 4.63. The number of rotatable bonds is 4. The van der Waals surface area contributed by atoms with Crippen LogP contribution in [0.1, 0.15) is 25.8 Å². The highest BCUT2D eigenvalue weighted by Crippen LogP contribution is 2.32.